The number of aromatic nitrogens is 4. The first-order valence-electron chi connectivity index (χ1n) is 7.92. The molecule has 0 amide bonds. The van der Waals surface area contributed by atoms with E-state index >= 15 is 0 Å². The third kappa shape index (κ3) is 3.95. The molecule has 0 spiro atoms. The molecule has 0 saturated carbocycles. The zero-order valence-corrected chi connectivity index (χ0v) is 15.3. The molecule has 3 heterocycles. The molecule has 0 radical (unpaired) electrons. The average molecular weight is 404 g/mol. The summed E-state index contributed by atoms with van der Waals surface area (Å²) in [5, 5.41) is 29.8. The molecular formula is C13H20N6O7S. The maximum atomic E-state index is 10.9. The first kappa shape index (κ1) is 19.7. The van der Waals surface area contributed by atoms with Gasteiger partial charge in [-0.3, -0.25) is 4.18 Å². The Balaban J connectivity index is 1.96. The van der Waals surface area contributed by atoms with Crippen molar-refractivity contribution in [3.8, 4) is 5.88 Å². The van der Waals surface area contributed by atoms with Crippen molar-refractivity contribution in [2.45, 2.75) is 44.5 Å². The zero-order valence-electron chi connectivity index (χ0n) is 14.5. The lowest BCUT2D eigenvalue weighted by atomic mass is 10.1. The van der Waals surface area contributed by atoms with Gasteiger partial charge in [0.2, 0.25) is 5.88 Å². The minimum absolute atomic E-state index is 0.115. The molecule has 4 atom stereocenters. The molecule has 1 aliphatic heterocycles. The minimum Gasteiger partial charge on any atom is -0.473 e. The fraction of sp³-hybridized carbons (Fsp3) is 0.615. The Kier molecular flexibility index (Phi) is 5.20. The second kappa shape index (κ2) is 7.14. The fourth-order valence-electron chi connectivity index (χ4n) is 2.68. The third-order valence-electron chi connectivity index (χ3n) is 3.81. The Morgan fingerprint density at radius 3 is 2.67 bits per heavy atom. The van der Waals surface area contributed by atoms with Gasteiger partial charge >= 0.3 is 10.3 Å². The van der Waals surface area contributed by atoms with Crippen molar-refractivity contribution in [3.05, 3.63) is 6.33 Å². The molecule has 1 saturated heterocycles. The standard InChI is InChI=1S/C13H20N6O7S/c1-5(2)25-12-7-10(14)16-4-17-11(7)19(18-12)13-9(21)8(20)6(26-13)3-24-27(15,22)23/h4-6,8-9,13,20-21H,3H2,1-2H3,(H2,14,16,17)(H2,15,22,23)/t6-,8-,9-,13-/m1/s1. The van der Waals surface area contributed by atoms with Gasteiger partial charge in [0.05, 0.1) is 12.7 Å². The Morgan fingerprint density at radius 1 is 1.33 bits per heavy atom. The van der Waals surface area contributed by atoms with Crippen LogP contribution in [0.25, 0.3) is 11.0 Å². The molecule has 150 valence electrons. The van der Waals surface area contributed by atoms with Crippen molar-refractivity contribution >= 4 is 27.2 Å². The topological polar surface area (TPSA) is 198 Å². The van der Waals surface area contributed by atoms with Crippen LogP contribution in [-0.4, -0.2) is 69.4 Å². The van der Waals surface area contributed by atoms with Crippen LogP contribution in [0.5, 0.6) is 5.88 Å². The van der Waals surface area contributed by atoms with Crippen molar-refractivity contribution in [3.63, 3.8) is 0 Å². The maximum Gasteiger partial charge on any atom is 0.333 e. The van der Waals surface area contributed by atoms with E-state index in [0.717, 1.165) is 0 Å². The number of aliphatic hydroxyl groups is 2. The second-order valence-electron chi connectivity index (χ2n) is 6.20. The molecule has 0 bridgehead atoms. The number of nitrogen functional groups attached to an aromatic ring is 1. The van der Waals surface area contributed by atoms with Crippen molar-refractivity contribution in [2.24, 2.45) is 5.14 Å². The summed E-state index contributed by atoms with van der Waals surface area (Å²) in [6, 6.07) is 0. The Labute approximate surface area is 154 Å². The zero-order chi connectivity index (χ0) is 19.9. The number of ether oxygens (including phenoxy) is 2. The lowest BCUT2D eigenvalue weighted by molar-refractivity contribution is -0.0532. The van der Waals surface area contributed by atoms with Crippen LogP contribution >= 0.6 is 0 Å². The van der Waals surface area contributed by atoms with Crippen molar-refractivity contribution in [1.29, 1.82) is 0 Å². The number of nitrogens with zero attached hydrogens (tertiary/aromatic N) is 4. The molecule has 27 heavy (non-hydrogen) atoms. The van der Waals surface area contributed by atoms with Crippen molar-refractivity contribution in [2.75, 3.05) is 12.3 Å². The molecule has 0 unspecified atom stereocenters. The van der Waals surface area contributed by atoms with Crippen LogP contribution < -0.4 is 15.6 Å². The van der Waals surface area contributed by atoms with E-state index in [1.165, 1.54) is 11.0 Å². The van der Waals surface area contributed by atoms with Crippen LogP contribution in [0.2, 0.25) is 0 Å². The van der Waals surface area contributed by atoms with E-state index in [1.54, 1.807) is 13.8 Å². The molecular weight excluding hydrogens is 384 g/mol. The van der Waals surface area contributed by atoms with Gasteiger partial charge in [0.15, 0.2) is 11.9 Å². The molecule has 0 aromatic carbocycles. The monoisotopic (exact) mass is 404 g/mol. The minimum atomic E-state index is -4.24. The summed E-state index contributed by atoms with van der Waals surface area (Å²) in [5.41, 5.74) is 6.10. The molecule has 2 aromatic heterocycles. The van der Waals surface area contributed by atoms with Gasteiger partial charge in [-0.05, 0) is 13.8 Å². The van der Waals surface area contributed by atoms with E-state index in [9.17, 15) is 18.6 Å². The van der Waals surface area contributed by atoms with Gasteiger partial charge in [-0.1, -0.05) is 0 Å². The molecule has 1 fully saturated rings. The Bertz CT molecular complexity index is 933. The first-order valence-corrected chi connectivity index (χ1v) is 9.39. The number of nitrogens with two attached hydrogens (primary N) is 2. The highest BCUT2D eigenvalue weighted by molar-refractivity contribution is 7.84. The summed E-state index contributed by atoms with van der Waals surface area (Å²) in [6.45, 7) is 2.99. The normalized spacial score (nSPS) is 26.1. The van der Waals surface area contributed by atoms with Crippen molar-refractivity contribution < 1.29 is 32.3 Å². The summed E-state index contributed by atoms with van der Waals surface area (Å²) in [5.74, 6) is 0.247. The van der Waals surface area contributed by atoms with Crippen LogP contribution in [0, 0.1) is 0 Å². The van der Waals surface area contributed by atoms with Crippen LogP contribution in [0.3, 0.4) is 0 Å². The van der Waals surface area contributed by atoms with Gasteiger partial charge in [0, 0.05) is 0 Å². The molecule has 0 aliphatic carbocycles. The summed E-state index contributed by atoms with van der Waals surface area (Å²) in [6.07, 6.45) is -4.30. The molecule has 2 aromatic rings. The van der Waals surface area contributed by atoms with Crippen molar-refractivity contribution in [1.82, 2.24) is 19.7 Å². The predicted molar refractivity (Wildman–Crippen MR) is 90.5 cm³/mol. The predicted octanol–water partition coefficient (Wildman–Crippen LogP) is -1.96. The highest BCUT2D eigenvalue weighted by atomic mass is 32.2. The summed E-state index contributed by atoms with van der Waals surface area (Å²) < 4.78 is 38.6. The summed E-state index contributed by atoms with van der Waals surface area (Å²) >= 11 is 0. The number of hydrogen-bond acceptors (Lipinski definition) is 11. The van der Waals surface area contributed by atoms with Crippen LogP contribution in [0.15, 0.2) is 6.33 Å². The number of hydrogen-bond donors (Lipinski definition) is 4. The number of anilines is 1. The SMILES string of the molecule is CC(C)Oc1nn([C@@H]2O[C@H](COS(N)(=O)=O)[C@@H](O)[C@H]2O)c2ncnc(N)c12. The fourth-order valence-corrected chi connectivity index (χ4v) is 3.00. The molecule has 14 heteroatoms. The Morgan fingerprint density at radius 2 is 2.04 bits per heavy atom. The van der Waals surface area contributed by atoms with E-state index in [2.05, 4.69) is 19.2 Å². The van der Waals surface area contributed by atoms with Gasteiger partial charge < -0.3 is 25.4 Å². The van der Waals surface area contributed by atoms with Crippen LogP contribution in [-0.2, 0) is 19.2 Å². The van der Waals surface area contributed by atoms with Crippen LogP contribution in [0.4, 0.5) is 5.82 Å². The number of fused-ring (bicyclic) bond motifs is 1. The highest BCUT2D eigenvalue weighted by Crippen LogP contribution is 2.35. The largest absolute Gasteiger partial charge is 0.473 e. The highest BCUT2D eigenvalue weighted by Gasteiger charge is 2.45. The van der Waals surface area contributed by atoms with E-state index in [0.29, 0.717) is 5.39 Å². The van der Waals surface area contributed by atoms with E-state index < -0.39 is 41.5 Å². The lowest BCUT2D eigenvalue weighted by Gasteiger charge is -2.15. The van der Waals surface area contributed by atoms with Gasteiger partial charge in [-0.2, -0.15) is 8.42 Å². The van der Waals surface area contributed by atoms with Gasteiger partial charge in [-0.25, -0.2) is 19.8 Å². The number of aliphatic hydroxyl groups excluding tert-OH is 2. The van der Waals surface area contributed by atoms with Crippen LogP contribution in [0.1, 0.15) is 20.1 Å². The quantitative estimate of drug-likeness (QED) is 0.416. The molecule has 6 N–H and O–H groups in total. The second-order valence-corrected chi connectivity index (χ2v) is 7.42. The molecule has 1 aliphatic rings. The van der Waals surface area contributed by atoms with Gasteiger partial charge in [0.1, 0.15) is 35.8 Å². The Hall–Kier alpha value is -2.10. The lowest BCUT2D eigenvalue weighted by Crippen LogP contribution is -2.35. The maximum absolute atomic E-state index is 10.9. The van der Waals surface area contributed by atoms with Gasteiger partial charge in [-0.15, -0.1) is 5.10 Å². The third-order valence-corrected chi connectivity index (χ3v) is 4.27. The first-order chi connectivity index (χ1) is 12.6. The number of rotatable bonds is 6. The van der Waals surface area contributed by atoms with E-state index in [1.807, 2.05) is 0 Å². The smallest absolute Gasteiger partial charge is 0.333 e. The van der Waals surface area contributed by atoms with E-state index in [4.69, 9.17) is 20.3 Å². The summed E-state index contributed by atoms with van der Waals surface area (Å²) in [7, 11) is -4.24. The summed E-state index contributed by atoms with van der Waals surface area (Å²) in [4.78, 5) is 7.99. The molecule has 13 nitrogen and oxygen atoms in total. The average Bonchev–Trinajstić information content (AvgIpc) is 3.04. The van der Waals surface area contributed by atoms with E-state index in [-0.39, 0.29) is 23.4 Å². The molecule has 3 rings (SSSR count). The van der Waals surface area contributed by atoms with Gasteiger partial charge in [0.25, 0.3) is 0 Å².